The molecule has 0 bridgehead atoms. The number of hydrogen-bond acceptors (Lipinski definition) is 4. The molecule has 136 valence electrons. The van der Waals surface area contributed by atoms with E-state index in [1.165, 1.54) is 0 Å². The minimum atomic E-state index is 0.594. The van der Waals surface area contributed by atoms with Gasteiger partial charge in [0.05, 0.1) is 16.2 Å². The highest BCUT2D eigenvalue weighted by molar-refractivity contribution is 6.32. The summed E-state index contributed by atoms with van der Waals surface area (Å²) >= 11 is 6.32. The normalized spacial score (nSPS) is 11.2. The van der Waals surface area contributed by atoms with Gasteiger partial charge in [-0.3, -0.25) is 4.98 Å². The lowest BCUT2D eigenvalue weighted by molar-refractivity contribution is 0.261. The van der Waals surface area contributed by atoms with Crippen LogP contribution in [0.15, 0.2) is 48.5 Å². The van der Waals surface area contributed by atoms with Gasteiger partial charge >= 0.3 is 0 Å². The summed E-state index contributed by atoms with van der Waals surface area (Å²) in [7, 11) is 6.09. The lowest BCUT2D eigenvalue weighted by Gasteiger charge is -2.23. The first kappa shape index (κ1) is 18.5. The third-order valence-electron chi connectivity index (χ3n) is 4.28. The van der Waals surface area contributed by atoms with Crippen molar-refractivity contribution in [3.63, 3.8) is 0 Å². The summed E-state index contributed by atoms with van der Waals surface area (Å²) in [5, 5.41) is 1.74. The van der Waals surface area contributed by atoms with E-state index < -0.39 is 0 Å². The van der Waals surface area contributed by atoms with Crippen molar-refractivity contribution >= 4 is 33.9 Å². The number of aromatic nitrogens is 1. The second-order valence-electron chi connectivity index (χ2n) is 6.63. The van der Waals surface area contributed by atoms with Crippen molar-refractivity contribution in [2.45, 2.75) is 6.92 Å². The van der Waals surface area contributed by atoms with E-state index in [1.807, 2.05) is 64.5 Å². The molecule has 4 nitrogen and oxygen atoms in total. The number of pyridine rings is 1. The van der Waals surface area contributed by atoms with Gasteiger partial charge in [0.25, 0.3) is 0 Å². The van der Waals surface area contributed by atoms with Crippen molar-refractivity contribution in [1.82, 2.24) is 9.88 Å². The van der Waals surface area contributed by atoms with Gasteiger partial charge in [0, 0.05) is 36.4 Å². The van der Waals surface area contributed by atoms with Crippen LogP contribution in [0, 0.1) is 6.92 Å². The summed E-state index contributed by atoms with van der Waals surface area (Å²) in [6, 6.07) is 16.2. The molecule has 0 atom stereocenters. The molecule has 0 amide bonds. The highest BCUT2D eigenvalue weighted by atomic mass is 35.5. The number of nitrogens with zero attached hydrogens (tertiary/aromatic N) is 3. The number of ether oxygens (including phenoxy) is 1. The molecular formula is C21H24ClN3O. The quantitative estimate of drug-likeness (QED) is 0.617. The highest BCUT2D eigenvalue weighted by Gasteiger charge is 2.12. The molecule has 0 unspecified atom stereocenters. The van der Waals surface area contributed by atoms with Crippen molar-refractivity contribution in [2.24, 2.45) is 0 Å². The topological polar surface area (TPSA) is 28.6 Å². The van der Waals surface area contributed by atoms with Gasteiger partial charge in [0.15, 0.2) is 0 Å². The third kappa shape index (κ3) is 4.09. The number of anilines is 2. The Morgan fingerprint density at radius 1 is 1.04 bits per heavy atom. The van der Waals surface area contributed by atoms with E-state index in [4.69, 9.17) is 16.3 Å². The molecule has 0 N–H and O–H groups in total. The van der Waals surface area contributed by atoms with Crippen LogP contribution in [0.5, 0.6) is 5.75 Å². The Kier molecular flexibility index (Phi) is 5.64. The second kappa shape index (κ2) is 7.94. The molecule has 0 aliphatic heterocycles. The zero-order valence-electron chi connectivity index (χ0n) is 15.7. The third-order valence-corrected chi connectivity index (χ3v) is 4.59. The van der Waals surface area contributed by atoms with Crippen LogP contribution in [-0.2, 0) is 0 Å². The standard InChI is InChI=1S/C21H24ClN3O/c1-15-13-20(17-7-5-6-8-19(17)23-15)25(4)16-9-10-18(22)21(14-16)26-12-11-24(2)3/h5-10,13-14H,11-12H2,1-4H3. The molecule has 0 aliphatic carbocycles. The summed E-state index contributed by atoms with van der Waals surface area (Å²) in [6.07, 6.45) is 0. The lowest BCUT2D eigenvalue weighted by atomic mass is 10.1. The molecule has 5 heteroatoms. The van der Waals surface area contributed by atoms with Gasteiger partial charge in [-0.15, -0.1) is 0 Å². The number of para-hydroxylation sites is 1. The van der Waals surface area contributed by atoms with Crippen molar-refractivity contribution in [3.8, 4) is 5.75 Å². The molecule has 0 saturated heterocycles. The van der Waals surface area contributed by atoms with Crippen molar-refractivity contribution in [2.75, 3.05) is 39.2 Å². The van der Waals surface area contributed by atoms with E-state index >= 15 is 0 Å². The first-order chi connectivity index (χ1) is 12.5. The Hall–Kier alpha value is -2.30. The predicted molar refractivity (Wildman–Crippen MR) is 110 cm³/mol. The molecule has 0 radical (unpaired) electrons. The van der Waals surface area contributed by atoms with Crippen LogP contribution in [-0.4, -0.2) is 44.2 Å². The SMILES string of the molecule is Cc1cc(N(C)c2ccc(Cl)c(OCCN(C)C)c2)c2ccccc2n1. The van der Waals surface area contributed by atoms with Gasteiger partial charge in [-0.2, -0.15) is 0 Å². The molecule has 0 saturated carbocycles. The largest absolute Gasteiger partial charge is 0.491 e. The fraction of sp³-hybridized carbons (Fsp3) is 0.286. The minimum Gasteiger partial charge on any atom is -0.491 e. The van der Waals surface area contributed by atoms with Crippen LogP contribution in [0.3, 0.4) is 0 Å². The fourth-order valence-corrected chi connectivity index (χ4v) is 3.02. The molecule has 0 spiro atoms. The number of fused-ring (bicyclic) bond motifs is 1. The maximum absolute atomic E-state index is 6.32. The van der Waals surface area contributed by atoms with Gasteiger partial charge < -0.3 is 14.5 Å². The molecule has 3 rings (SSSR count). The molecule has 26 heavy (non-hydrogen) atoms. The molecule has 2 aromatic carbocycles. The zero-order valence-corrected chi connectivity index (χ0v) is 16.4. The summed E-state index contributed by atoms with van der Waals surface area (Å²) in [4.78, 5) is 8.85. The maximum atomic E-state index is 6.32. The molecule has 0 aliphatic rings. The smallest absolute Gasteiger partial charge is 0.140 e. The average molecular weight is 370 g/mol. The van der Waals surface area contributed by atoms with Gasteiger partial charge in [-0.1, -0.05) is 29.8 Å². The van der Waals surface area contributed by atoms with E-state index in [1.54, 1.807) is 0 Å². The Balaban J connectivity index is 1.94. The highest BCUT2D eigenvalue weighted by Crippen LogP contribution is 2.35. The van der Waals surface area contributed by atoms with Crippen LogP contribution in [0.25, 0.3) is 10.9 Å². The number of aryl methyl sites for hydroxylation is 1. The average Bonchev–Trinajstić information content (AvgIpc) is 2.61. The van der Waals surface area contributed by atoms with Crippen LogP contribution < -0.4 is 9.64 Å². The molecule has 1 aromatic heterocycles. The summed E-state index contributed by atoms with van der Waals surface area (Å²) < 4.78 is 5.87. The Morgan fingerprint density at radius 2 is 1.81 bits per heavy atom. The van der Waals surface area contributed by atoms with E-state index in [9.17, 15) is 0 Å². The minimum absolute atomic E-state index is 0.594. The van der Waals surface area contributed by atoms with Crippen LogP contribution in [0.1, 0.15) is 5.69 Å². The van der Waals surface area contributed by atoms with E-state index in [0.29, 0.717) is 17.4 Å². The molecular weight excluding hydrogens is 346 g/mol. The van der Waals surface area contributed by atoms with Crippen molar-refractivity contribution < 1.29 is 4.74 Å². The summed E-state index contributed by atoms with van der Waals surface area (Å²) in [5.74, 6) is 0.702. The number of benzene rings is 2. The van der Waals surface area contributed by atoms with Crippen LogP contribution >= 0.6 is 11.6 Å². The Bertz CT molecular complexity index is 911. The number of halogens is 1. The van der Waals surface area contributed by atoms with E-state index in [0.717, 1.165) is 34.5 Å². The maximum Gasteiger partial charge on any atom is 0.140 e. The first-order valence-electron chi connectivity index (χ1n) is 8.63. The number of likely N-dealkylation sites (N-methyl/N-ethyl adjacent to an activating group) is 1. The fourth-order valence-electron chi connectivity index (χ4n) is 2.85. The molecule has 0 fully saturated rings. The van der Waals surface area contributed by atoms with Gasteiger partial charge in [-0.05, 0) is 45.3 Å². The zero-order chi connectivity index (χ0) is 18.7. The van der Waals surface area contributed by atoms with E-state index in [2.05, 4.69) is 26.9 Å². The number of hydrogen-bond donors (Lipinski definition) is 0. The van der Waals surface area contributed by atoms with Crippen LogP contribution in [0.2, 0.25) is 5.02 Å². The Labute approximate surface area is 160 Å². The monoisotopic (exact) mass is 369 g/mol. The first-order valence-corrected chi connectivity index (χ1v) is 9.00. The summed E-state index contributed by atoms with van der Waals surface area (Å²) in [5.41, 5.74) is 4.10. The predicted octanol–water partition coefficient (Wildman–Crippen LogP) is 4.90. The molecule has 3 aromatic rings. The van der Waals surface area contributed by atoms with Crippen molar-refractivity contribution in [3.05, 3.63) is 59.2 Å². The second-order valence-corrected chi connectivity index (χ2v) is 7.03. The van der Waals surface area contributed by atoms with Crippen LogP contribution in [0.4, 0.5) is 11.4 Å². The van der Waals surface area contributed by atoms with E-state index in [-0.39, 0.29) is 0 Å². The lowest BCUT2D eigenvalue weighted by Crippen LogP contribution is -2.19. The summed E-state index contributed by atoms with van der Waals surface area (Å²) in [6.45, 7) is 3.45. The van der Waals surface area contributed by atoms with Crippen molar-refractivity contribution in [1.29, 1.82) is 0 Å². The number of rotatable bonds is 6. The van der Waals surface area contributed by atoms with Gasteiger partial charge in [-0.25, -0.2) is 0 Å². The van der Waals surface area contributed by atoms with Gasteiger partial charge in [0.1, 0.15) is 12.4 Å². The molecule has 1 heterocycles. The Morgan fingerprint density at radius 3 is 2.58 bits per heavy atom. The van der Waals surface area contributed by atoms with Gasteiger partial charge in [0.2, 0.25) is 0 Å².